The number of nitrogens with one attached hydrogen (secondary N) is 2. The van der Waals surface area contributed by atoms with Crippen LogP contribution in [0.25, 0.3) is 5.65 Å². The fourth-order valence-corrected chi connectivity index (χ4v) is 6.24. The lowest BCUT2D eigenvalue weighted by atomic mass is 9.80. The zero-order chi connectivity index (χ0) is 30.6. The second kappa shape index (κ2) is 10.8. The van der Waals surface area contributed by atoms with E-state index >= 15 is 0 Å². The van der Waals surface area contributed by atoms with E-state index in [0.717, 1.165) is 12.8 Å². The Morgan fingerprint density at radius 3 is 2.63 bits per heavy atom. The molecule has 0 spiro atoms. The number of halogens is 5. The molecule has 0 bridgehead atoms. The Kier molecular flexibility index (Phi) is 7.37. The molecule has 3 aromatic rings. The highest BCUT2D eigenvalue weighted by Crippen LogP contribution is 2.43. The van der Waals surface area contributed by atoms with Crippen molar-refractivity contribution in [3.63, 3.8) is 0 Å². The monoisotopic (exact) mass is 611 g/mol. The van der Waals surface area contributed by atoms with Crippen LogP contribution in [-0.2, 0) is 16.0 Å². The molecule has 16 heteroatoms. The molecule has 1 aliphatic heterocycles. The first-order chi connectivity index (χ1) is 20.4. The summed E-state index contributed by atoms with van der Waals surface area (Å²) in [7, 11) is 1.32. The molecule has 11 nitrogen and oxygen atoms in total. The summed E-state index contributed by atoms with van der Waals surface area (Å²) < 4.78 is 79.7. The molecule has 0 radical (unpaired) electrons. The highest BCUT2D eigenvalue weighted by atomic mass is 19.4. The van der Waals surface area contributed by atoms with Gasteiger partial charge in [-0.1, -0.05) is 5.16 Å². The van der Waals surface area contributed by atoms with Crippen LogP contribution in [0.3, 0.4) is 0 Å². The predicted octanol–water partition coefficient (Wildman–Crippen LogP) is 3.91. The van der Waals surface area contributed by atoms with Gasteiger partial charge in [0.1, 0.15) is 11.7 Å². The number of ether oxygens (including phenoxy) is 1. The Balaban J connectivity index is 1.28. The molecule has 0 unspecified atom stereocenters. The van der Waals surface area contributed by atoms with E-state index < -0.39 is 47.8 Å². The number of carbonyl (C=O) groups is 2. The smallest absolute Gasteiger partial charge is 0.384 e. The fourth-order valence-electron chi connectivity index (χ4n) is 6.24. The molecule has 232 valence electrons. The number of aromatic nitrogens is 5. The van der Waals surface area contributed by atoms with Crippen molar-refractivity contribution in [2.45, 2.75) is 81.5 Å². The molecule has 2 N–H and O–H groups in total. The third-order valence-electron chi connectivity index (χ3n) is 8.67. The predicted molar refractivity (Wildman–Crippen MR) is 137 cm³/mol. The van der Waals surface area contributed by atoms with E-state index in [2.05, 4.69) is 25.7 Å². The van der Waals surface area contributed by atoms with Crippen LogP contribution in [0.1, 0.15) is 84.3 Å². The molecule has 4 heterocycles. The number of fused-ring (bicyclic) bond motifs is 1. The minimum atomic E-state index is -4.60. The fraction of sp³-hybridized carbons (Fsp3) is 0.630. The maximum absolute atomic E-state index is 14.0. The molecule has 3 aliphatic rings. The van der Waals surface area contributed by atoms with Crippen molar-refractivity contribution in [2.24, 2.45) is 11.3 Å². The number of amides is 2. The van der Waals surface area contributed by atoms with Gasteiger partial charge in [0.25, 0.3) is 5.91 Å². The van der Waals surface area contributed by atoms with Crippen molar-refractivity contribution in [1.82, 2.24) is 35.5 Å². The van der Waals surface area contributed by atoms with E-state index in [1.165, 1.54) is 17.8 Å². The maximum Gasteiger partial charge on any atom is 0.408 e. The lowest BCUT2D eigenvalue weighted by Crippen LogP contribution is -2.40. The van der Waals surface area contributed by atoms with Crippen molar-refractivity contribution < 1.29 is 40.9 Å². The van der Waals surface area contributed by atoms with Gasteiger partial charge in [-0.05, 0) is 61.2 Å². The molecule has 3 atom stereocenters. The van der Waals surface area contributed by atoms with Crippen molar-refractivity contribution in [2.75, 3.05) is 13.7 Å². The first-order valence-electron chi connectivity index (χ1n) is 14.1. The largest absolute Gasteiger partial charge is 0.408 e. The number of alkyl halides is 5. The quantitative estimate of drug-likeness (QED) is 0.348. The summed E-state index contributed by atoms with van der Waals surface area (Å²) in [5.74, 6) is -4.37. The van der Waals surface area contributed by atoms with Gasteiger partial charge in [0.05, 0.1) is 36.2 Å². The maximum atomic E-state index is 14.0. The number of imidazole rings is 1. The average molecular weight is 612 g/mol. The lowest BCUT2D eigenvalue weighted by Gasteiger charge is -2.33. The molecule has 2 saturated carbocycles. The molecule has 0 aromatic carbocycles. The van der Waals surface area contributed by atoms with Gasteiger partial charge in [-0.15, -0.1) is 0 Å². The molecular weight excluding hydrogens is 581 g/mol. The van der Waals surface area contributed by atoms with Crippen LogP contribution in [0.4, 0.5) is 22.0 Å². The molecule has 3 aromatic heterocycles. The van der Waals surface area contributed by atoms with Crippen LogP contribution >= 0.6 is 0 Å². The standard InChI is InChI=1S/C27H30F5N7O4/c1-42-13-25(10-18(27(30,31)32)35-24(25)41)9-14-8-19-34-17(12-39(19)33-11-14)20(16-4-6-26(28,29)7-5-16)36-23(40)22-21(15-2-3-15)37-43-38-22/h8,11-12,15-16,18,20H,2-7,9-10,13H2,1H3,(H,35,41)(H,36,40)/t18-,20-,25-/m0/s1. The lowest BCUT2D eigenvalue weighted by molar-refractivity contribution is -0.155. The first kappa shape index (κ1) is 29.4. The molecular formula is C27H30F5N7O4. The Morgan fingerprint density at radius 1 is 1.23 bits per heavy atom. The van der Waals surface area contributed by atoms with Crippen molar-refractivity contribution >= 4 is 17.5 Å². The summed E-state index contributed by atoms with van der Waals surface area (Å²) in [5, 5.41) is 16.9. The molecule has 2 aliphatic carbocycles. The summed E-state index contributed by atoms with van der Waals surface area (Å²) in [5.41, 5.74) is 0.196. The van der Waals surface area contributed by atoms with Gasteiger partial charge >= 0.3 is 6.18 Å². The molecule has 6 rings (SSSR count). The highest BCUT2D eigenvalue weighted by molar-refractivity contribution is 5.93. The SMILES string of the molecule is COC[C@]1(Cc2cnn3cc([C@@H](NC(=O)c4nonc4C4CC4)C4CCC(F)(F)CC4)nc3c2)C[C@@H](C(F)(F)F)NC1=O. The van der Waals surface area contributed by atoms with Crippen molar-refractivity contribution in [3.8, 4) is 0 Å². The van der Waals surface area contributed by atoms with E-state index in [1.54, 1.807) is 12.3 Å². The second-order valence-electron chi connectivity index (χ2n) is 11.9. The summed E-state index contributed by atoms with van der Waals surface area (Å²) in [6, 6.07) is -1.15. The van der Waals surface area contributed by atoms with E-state index in [9.17, 15) is 31.5 Å². The minimum absolute atomic E-state index is 0.0493. The molecule has 2 amide bonds. The van der Waals surface area contributed by atoms with E-state index in [-0.39, 0.29) is 56.2 Å². The third-order valence-corrected chi connectivity index (χ3v) is 8.67. The Hall–Kier alpha value is -3.69. The number of rotatable bonds is 9. The summed E-state index contributed by atoms with van der Waals surface area (Å²) in [6.07, 6.45) is -0.815. The van der Waals surface area contributed by atoms with Gasteiger partial charge in [0, 0.05) is 25.9 Å². The van der Waals surface area contributed by atoms with E-state index in [1.807, 2.05) is 5.32 Å². The van der Waals surface area contributed by atoms with E-state index in [0.29, 0.717) is 22.6 Å². The van der Waals surface area contributed by atoms with Crippen LogP contribution in [0.2, 0.25) is 0 Å². The van der Waals surface area contributed by atoms with Gasteiger partial charge in [-0.2, -0.15) is 18.3 Å². The summed E-state index contributed by atoms with van der Waals surface area (Å²) >= 11 is 0. The number of hydrogen-bond donors (Lipinski definition) is 2. The topological polar surface area (TPSA) is 137 Å². The summed E-state index contributed by atoms with van der Waals surface area (Å²) in [6.45, 7) is -0.226. The highest BCUT2D eigenvalue weighted by Gasteiger charge is 2.55. The number of methoxy groups -OCH3 is 1. The van der Waals surface area contributed by atoms with Gasteiger partial charge in [0.15, 0.2) is 11.3 Å². The van der Waals surface area contributed by atoms with Crippen molar-refractivity contribution in [3.05, 3.63) is 41.1 Å². The number of nitrogens with zero attached hydrogens (tertiary/aromatic N) is 5. The van der Waals surface area contributed by atoms with Gasteiger partial charge in [-0.25, -0.2) is 22.9 Å². The molecule has 43 heavy (non-hydrogen) atoms. The van der Waals surface area contributed by atoms with Gasteiger partial charge in [0.2, 0.25) is 11.8 Å². The normalized spacial score (nSPS) is 25.2. The zero-order valence-corrected chi connectivity index (χ0v) is 23.2. The average Bonchev–Trinajstić information content (AvgIpc) is 3.35. The van der Waals surface area contributed by atoms with Crippen LogP contribution in [-0.4, -0.2) is 68.6 Å². The van der Waals surface area contributed by atoms with Crippen LogP contribution in [0.15, 0.2) is 23.1 Å². The Labute approximate surface area is 241 Å². The third kappa shape index (κ3) is 5.93. The molecule has 3 fully saturated rings. The first-order valence-corrected chi connectivity index (χ1v) is 14.1. The van der Waals surface area contributed by atoms with E-state index in [4.69, 9.17) is 9.37 Å². The molecule has 1 saturated heterocycles. The number of hydrogen-bond acceptors (Lipinski definition) is 8. The summed E-state index contributed by atoms with van der Waals surface area (Å²) in [4.78, 5) is 30.7. The van der Waals surface area contributed by atoms with Gasteiger partial charge < -0.3 is 15.4 Å². The van der Waals surface area contributed by atoms with Crippen LogP contribution in [0, 0.1) is 11.3 Å². The van der Waals surface area contributed by atoms with Gasteiger partial charge in [-0.3, -0.25) is 9.59 Å². The minimum Gasteiger partial charge on any atom is -0.384 e. The van der Waals surface area contributed by atoms with Crippen LogP contribution < -0.4 is 10.6 Å². The Morgan fingerprint density at radius 2 is 1.98 bits per heavy atom. The number of carbonyl (C=O) groups excluding carboxylic acids is 2. The Bertz CT molecular complexity index is 1510. The van der Waals surface area contributed by atoms with Crippen LogP contribution in [0.5, 0.6) is 0 Å². The second-order valence-corrected chi connectivity index (χ2v) is 11.9. The zero-order valence-electron chi connectivity index (χ0n) is 23.2. The van der Waals surface area contributed by atoms with Crippen molar-refractivity contribution in [1.29, 1.82) is 0 Å².